The molecule has 1 saturated heterocycles. The molecule has 1 aliphatic heterocycles. The lowest BCUT2D eigenvalue weighted by atomic mass is 10.0. The van der Waals surface area contributed by atoms with Crippen LogP contribution in [0.15, 0.2) is 24.3 Å². The highest BCUT2D eigenvalue weighted by Crippen LogP contribution is 2.14. The summed E-state index contributed by atoms with van der Waals surface area (Å²) in [6.45, 7) is 6.24. The van der Waals surface area contributed by atoms with Crippen molar-refractivity contribution in [3.05, 3.63) is 35.4 Å². The van der Waals surface area contributed by atoms with Crippen LogP contribution in [0.5, 0.6) is 0 Å². The average Bonchev–Trinajstić information content (AvgIpc) is 2.54. The second-order valence-electron chi connectivity index (χ2n) is 5.81. The fourth-order valence-electron chi connectivity index (χ4n) is 2.65. The summed E-state index contributed by atoms with van der Waals surface area (Å²) >= 11 is 0. The maximum Gasteiger partial charge on any atom is 0.0991 e. The van der Waals surface area contributed by atoms with Gasteiger partial charge >= 0.3 is 0 Å². The van der Waals surface area contributed by atoms with Gasteiger partial charge in [0.1, 0.15) is 0 Å². The van der Waals surface area contributed by atoms with E-state index in [0.29, 0.717) is 6.04 Å². The summed E-state index contributed by atoms with van der Waals surface area (Å²) in [5, 5.41) is 12.4. The van der Waals surface area contributed by atoms with Crippen LogP contribution in [0.3, 0.4) is 0 Å². The average molecular weight is 287 g/mol. The molecule has 1 unspecified atom stereocenters. The first-order valence-electron chi connectivity index (χ1n) is 7.69. The van der Waals surface area contributed by atoms with E-state index >= 15 is 0 Å². The van der Waals surface area contributed by atoms with Gasteiger partial charge in [-0.3, -0.25) is 4.90 Å². The lowest BCUT2D eigenvalue weighted by Gasteiger charge is -2.33. The third-order valence-corrected chi connectivity index (χ3v) is 4.17. The van der Waals surface area contributed by atoms with Gasteiger partial charge in [-0.1, -0.05) is 12.1 Å². The number of hydrogen-bond donors (Lipinski definition) is 1. The molecule has 114 valence electrons. The maximum atomic E-state index is 8.81. The zero-order valence-electron chi connectivity index (χ0n) is 13.0. The third kappa shape index (κ3) is 5.13. The highest BCUT2D eigenvalue weighted by Gasteiger charge is 2.19. The van der Waals surface area contributed by atoms with E-state index in [4.69, 9.17) is 10.00 Å². The number of piperidine rings is 1. The maximum absolute atomic E-state index is 8.81. The van der Waals surface area contributed by atoms with Crippen molar-refractivity contribution < 1.29 is 4.74 Å². The van der Waals surface area contributed by atoms with Crippen molar-refractivity contribution in [3.63, 3.8) is 0 Å². The molecule has 4 heteroatoms. The monoisotopic (exact) mass is 287 g/mol. The van der Waals surface area contributed by atoms with Crippen molar-refractivity contribution in [1.29, 1.82) is 5.26 Å². The Bertz CT molecular complexity index is 458. The zero-order valence-corrected chi connectivity index (χ0v) is 13.0. The first-order chi connectivity index (χ1) is 10.2. The molecule has 1 heterocycles. The summed E-state index contributed by atoms with van der Waals surface area (Å²) in [6, 6.07) is 10.7. The molecule has 0 bridgehead atoms. The molecule has 1 atom stereocenters. The molecule has 1 aromatic rings. The smallest absolute Gasteiger partial charge is 0.0991 e. The van der Waals surface area contributed by atoms with Crippen LogP contribution < -0.4 is 5.32 Å². The largest absolute Gasteiger partial charge is 0.380 e. The molecule has 21 heavy (non-hydrogen) atoms. The fraction of sp³-hybridized carbons (Fsp3) is 0.588. The number of benzene rings is 1. The number of hydrogen-bond acceptors (Lipinski definition) is 4. The summed E-state index contributed by atoms with van der Waals surface area (Å²) < 4.78 is 5.26. The van der Waals surface area contributed by atoms with E-state index in [1.54, 1.807) is 7.11 Å². The Balaban J connectivity index is 1.72. The molecular weight excluding hydrogens is 262 g/mol. The van der Waals surface area contributed by atoms with E-state index in [9.17, 15) is 0 Å². The molecule has 0 radical (unpaired) electrons. The van der Waals surface area contributed by atoms with Crippen LogP contribution in [-0.2, 0) is 11.3 Å². The highest BCUT2D eigenvalue weighted by atomic mass is 16.5. The van der Waals surface area contributed by atoms with Crippen molar-refractivity contribution in [2.75, 3.05) is 26.7 Å². The molecule has 0 aromatic heterocycles. The highest BCUT2D eigenvalue weighted by molar-refractivity contribution is 5.31. The normalized spacial score (nSPS) is 18.3. The summed E-state index contributed by atoms with van der Waals surface area (Å²) in [6.07, 6.45) is 2.65. The number of methoxy groups -OCH3 is 1. The quantitative estimate of drug-likeness (QED) is 0.871. The van der Waals surface area contributed by atoms with Crippen LogP contribution in [0.25, 0.3) is 0 Å². The number of nitrogens with one attached hydrogen (secondary N) is 1. The van der Waals surface area contributed by atoms with Gasteiger partial charge in [0.2, 0.25) is 0 Å². The lowest BCUT2D eigenvalue weighted by molar-refractivity contribution is 0.108. The van der Waals surface area contributed by atoms with Gasteiger partial charge in [0.15, 0.2) is 0 Å². The molecule has 1 aliphatic rings. The van der Waals surface area contributed by atoms with Crippen LogP contribution in [-0.4, -0.2) is 43.8 Å². The minimum absolute atomic E-state index is 0.279. The lowest BCUT2D eigenvalue weighted by Crippen LogP contribution is -2.44. The van der Waals surface area contributed by atoms with Crippen molar-refractivity contribution in [2.45, 2.75) is 38.5 Å². The van der Waals surface area contributed by atoms with E-state index in [1.165, 1.54) is 18.4 Å². The van der Waals surface area contributed by atoms with Crippen molar-refractivity contribution in [3.8, 4) is 6.07 Å². The minimum atomic E-state index is 0.279. The Morgan fingerprint density at radius 3 is 2.57 bits per heavy atom. The summed E-state index contributed by atoms with van der Waals surface area (Å²) in [5.74, 6) is 0. The number of rotatable bonds is 6. The van der Waals surface area contributed by atoms with E-state index in [-0.39, 0.29) is 6.10 Å². The van der Waals surface area contributed by atoms with Crippen LogP contribution in [0.1, 0.15) is 30.9 Å². The van der Waals surface area contributed by atoms with E-state index in [1.807, 2.05) is 12.1 Å². The van der Waals surface area contributed by atoms with Gasteiger partial charge in [0, 0.05) is 26.2 Å². The van der Waals surface area contributed by atoms with Crippen LogP contribution in [0.4, 0.5) is 0 Å². The Labute approximate surface area is 127 Å². The molecule has 2 rings (SSSR count). The van der Waals surface area contributed by atoms with Gasteiger partial charge < -0.3 is 10.1 Å². The van der Waals surface area contributed by atoms with E-state index in [0.717, 1.165) is 31.7 Å². The Morgan fingerprint density at radius 2 is 2.00 bits per heavy atom. The summed E-state index contributed by atoms with van der Waals surface area (Å²) in [5.41, 5.74) is 2.02. The van der Waals surface area contributed by atoms with Crippen molar-refractivity contribution >= 4 is 0 Å². The molecule has 0 amide bonds. The van der Waals surface area contributed by atoms with E-state index in [2.05, 4.69) is 35.3 Å². The predicted octanol–water partition coefficient (Wildman–Crippen LogP) is 2.15. The van der Waals surface area contributed by atoms with Gasteiger partial charge in [-0.25, -0.2) is 0 Å². The Kier molecular flexibility index (Phi) is 6.19. The summed E-state index contributed by atoms with van der Waals surface area (Å²) in [7, 11) is 1.76. The number of nitrogens with zero attached hydrogens (tertiary/aromatic N) is 2. The minimum Gasteiger partial charge on any atom is -0.380 e. The second-order valence-corrected chi connectivity index (χ2v) is 5.81. The molecule has 0 spiro atoms. The van der Waals surface area contributed by atoms with Gasteiger partial charge in [0.05, 0.1) is 17.7 Å². The third-order valence-electron chi connectivity index (χ3n) is 4.17. The standard InChI is InChI=1S/C17H25N3O/c1-14(21-2)12-19-17-7-9-20(10-8-17)13-16-5-3-15(11-18)4-6-16/h3-6,14,17,19H,7-10,12-13H2,1-2H3. The van der Waals surface area contributed by atoms with Crippen LogP contribution >= 0.6 is 0 Å². The first-order valence-corrected chi connectivity index (χ1v) is 7.69. The van der Waals surface area contributed by atoms with Crippen LogP contribution in [0, 0.1) is 11.3 Å². The topological polar surface area (TPSA) is 48.3 Å². The number of nitriles is 1. The molecule has 1 N–H and O–H groups in total. The molecule has 1 aromatic carbocycles. The first kappa shape index (κ1) is 16.0. The number of ether oxygens (including phenoxy) is 1. The van der Waals surface area contributed by atoms with Crippen molar-refractivity contribution in [2.24, 2.45) is 0 Å². The predicted molar refractivity (Wildman–Crippen MR) is 83.9 cm³/mol. The fourth-order valence-corrected chi connectivity index (χ4v) is 2.65. The number of likely N-dealkylation sites (tertiary alicyclic amines) is 1. The summed E-state index contributed by atoms with van der Waals surface area (Å²) in [4.78, 5) is 2.49. The van der Waals surface area contributed by atoms with E-state index < -0.39 is 0 Å². The van der Waals surface area contributed by atoms with Gasteiger partial charge in [-0.2, -0.15) is 5.26 Å². The van der Waals surface area contributed by atoms with Crippen molar-refractivity contribution in [1.82, 2.24) is 10.2 Å². The van der Waals surface area contributed by atoms with Gasteiger partial charge in [-0.05, 0) is 50.6 Å². The zero-order chi connectivity index (χ0) is 15.1. The van der Waals surface area contributed by atoms with Gasteiger partial charge in [0.25, 0.3) is 0 Å². The Morgan fingerprint density at radius 1 is 1.33 bits per heavy atom. The molecule has 0 aliphatic carbocycles. The molecule has 4 nitrogen and oxygen atoms in total. The molecule has 1 fully saturated rings. The second kappa shape index (κ2) is 8.14. The Hall–Kier alpha value is -1.41. The molecular formula is C17H25N3O. The SMILES string of the molecule is COC(C)CNC1CCN(Cc2ccc(C#N)cc2)CC1. The molecule has 0 saturated carbocycles. The van der Waals surface area contributed by atoms with Crippen LogP contribution in [0.2, 0.25) is 0 Å². The van der Waals surface area contributed by atoms with Gasteiger partial charge in [-0.15, -0.1) is 0 Å².